The summed E-state index contributed by atoms with van der Waals surface area (Å²) in [7, 11) is 0. The molecule has 0 spiro atoms. The molecule has 3 aromatic carbocycles. The fraction of sp³-hybridized carbons (Fsp3) is 0.240. The van der Waals surface area contributed by atoms with Crippen molar-refractivity contribution in [3.05, 3.63) is 71.3 Å². The summed E-state index contributed by atoms with van der Waals surface area (Å²) in [5, 5.41) is 18.4. The molecule has 1 saturated heterocycles. The number of aryl methyl sites for hydroxylation is 1. The third kappa shape index (κ3) is 5.43. The number of ether oxygens (including phenoxy) is 1. The molecule has 0 atom stereocenters. The third-order valence-electron chi connectivity index (χ3n) is 5.36. The number of phenols is 1. The van der Waals surface area contributed by atoms with Crippen molar-refractivity contribution >= 4 is 28.8 Å². The Hall–Kier alpha value is -3.87. The molecule has 32 heavy (non-hydrogen) atoms. The lowest BCUT2D eigenvalue weighted by Gasteiger charge is -2.16. The summed E-state index contributed by atoms with van der Waals surface area (Å²) in [5.74, 6) is 0.444. The topological polar surface area (TPSA) is 117 Å². The molecule has 4 N–H and O–H groups in total. The molecule has 1 aliphatic heterocycles. The zero-order chi connectivity index (χ0) is 23.1. The molecule has 0 aliphatic carbocycles. The van der Waals surface area contributed by atoms with Gasteiger partial charge in [-0.3, -0.25) is 9.59 Å². The Bertz CT molecular complexity index is 1140. The maximum atomic E-state index is 12.0. The van der Waals surface area contributed by atoms with E-state index in [4.69, 9.17) is 21.0 Å². The zero-order valence-electron chi connectivity index (χ0n) is 18.0. The molecule has 1 fully saturated rings. The molecule has 4 rings (SSSR count). The lowest BCUT2D eigenvalue weighted by molar-refractivity contribution is -0.132. The number of amides is 2. The van der Waals surface area contributed by atoms with Gasteiger partial charge in [0.15, 0.2) is 6.61 Å². The first-order valence-corrected chi connectivity index (χ1v) is 10.4. The Kier molecular flexibility index (Phi) is 7.44. The number of carbonyl (C=O) groups is 2. The van der Waals surface area contributed by atoms with E-state index in [1.165, 1.54) is 18.3 Å². The number of nitrogens with one attached hydrogen (secondary N) is 1. The quantitative estimate of drug-likeness (QED) is 0.533. The van der Waals surface area contributed by atoms with E-state index in [-0.39, 0.29) is 18.3 Å². The van der Waals surface area contributed by atoms with Crippen LogP contribution in [0.1, 0.15) is 34.3 Å². The number of primary amides is 1. The number of aromatic hydroxyl groups is 1. The van der Waals surface area contributed by atoms with E-state index in [0.29, 0.717) is 16.9 Å². The highest BCUT2D eigenvalue weighted by atomic mass is 16.5. The van der Waals surface area contributed by atoms with Crippen LogP contribution in [0.3, 0.4) is 0 Å². The van der Waals surface area contributed by atoms with Crippen LogP contribution in [-0.2, 0) is 4.79 Å². The van der Waals surface area contributed by atoms with Gasteiger partial charge in [-0.25, -0.2) is 0 Å². The Labute approximate surface area is 186 Å². The minimum Gasteiger partial charge on any atom is -0.508 e. The first-order valence-electron chi connectivity index (χ1n) is 10.4. The molecule has 1 heterocycles. The second-order valence-corrected chi connectivity index (χ2v) is 7.58. The zero-order valence-corrected chi connectivity index (χ0v) is 18.0. The highest BCUT2D eigenvalue weighted by Gasteiger charge is 2.18. The molecule has 166 valence electrons. The average Bonchev–Trinajstić information content (AvgIpc) is 3.34. The van der Waals surface area contributed by atoms with E-state index in [9.17, 15) is 9.59 Å². The minimum absolute atomic E-state index is 0.0488. The van der Waals surface area contributed by atoms with Crippen LogP contribution in [0.25, 0.3) is 10.8 Å². The molecule has 7 nitrogen and oxygen atoms in total. The van der Waals surface area contributed by atoms with Gasteiger partial charge in [0.05, 0.1) is 0 Å². The molecular formula is C25H27N3O4. The summed E-state index contributed by atoms with van der Waals surface area (Å²) >= 11 is 0. The van der Waals surface area contributed by atoms with Gasteiger partial charge in [0.25, 0.3) is 5.91 Å². The first kappa shape index (κ1) is 22.8. The summed E-state index contributed by atoms with van der Waals surface area (Å²) < 4.78 is 5.73. The summed E-state index contributed by atoms with van der Waals surface area (Å²) in [6, 6.07) is 16.0. The van der Waals surface area contributed by atoms with Gasteiger partial charge in [0, 0.05) is 35.8 Å². The highest BCUT2D eigenvalue weighted by Crippen LogP contribution is 2.28. The predicted molar refractivity (Wildman–Crippen MR) is 125 cm³/mol. The van der Waals surface area contributed by atoms with E-state index >= 15 is 0 Å². The van der Waals surface area contributed by atoms with Crippen LogP contribution in [0.15, 0.2) is 54.6 Å². The maximum absolute atomic E-state index is 12.0. The average molecular weight is 434 g/mol. The summed E-state index contributed by atoms with van der Waals surface area (Å²) in [6.45, 7) is 3.47. The largest absolute Gasteiger partial charge is 0.508 e. The number of hydrogen-bond acceptors (Lipinski definition) is 5. The van der Waals surface area contributed by atoms with Gasteiger partial charge < -0.3 is 25.9 Å². The van der Waals surface area contributed by atoms with Crippen molar-refractivity contribution in [1.82, 2.24) is 4.90 Å². The second kappa shape index (κ2) is 10.4. The molecule has 0 aromatic heterocycles. The van der Waals surface area contributed by atoms with E-state index in [1.54, 1.807) is 13.0 Å². The van der Waals surface area contributed by atoms with Gasteiger partial charge in [-0.15, -0.1) is 0 Å². The van der Waals surface area contributed by atoms with E-state index in [1.807, 2.05) is 41.3 Å². The van der Waals surface area contributed by atoms with E-state index in [2.05, 4.69) is 0 Å². The van der Waals surface area contributed by atoms with Crippen LogP contribution in [0.2, 0.25) is 0 Å². The standard InChI is InChI=1S/C17H18N2O2.C8H9NO2/c18-11-13-7-8-16(15-6-2-1-5-14(13)15)21-12-17(20)19-9-3-4-10-19;1-5-4-6(8(9)11)2-3-7(5)10/h1-2,5-8,11,18H,3-4,9-10,12H2;2-4,10H,1H3,(H2,9,11). The van der Waals surface area contributed by atoms with Crippen molar-refractivity contribution in [3.63, 3.8) is 0 Å². The Balaban J connectivity index is 0.000000222. The van der Waals surface area contributed by atoms with Crippen LogP contribution in [-0.4, -0.2) is 47.7 Å². The molecule has 0 saturated carbocycles. The summed E-state index contributed by atoms with van der Waals surface area (Å²) in [4.78, 5) is 24.5. The summed E-state index contributed by atoms with van der Waals surface area (Å²) in [6.07, 6.45) is 3.51. The number of benzene rings is 3. The van der Waals surface area contributed by atoms with Crippen LogP contribution >= 0.6 is 0 Å². The normalized spacial score (nSPS) is 12.7. The van der Waals surface area contributed by atoms with Gasteiger partial charge in [0.1, 0.15) is 11.5 Å². The highest BCUT2D eigenvalue weighted by molar-refractivity contribution is 6.01. The number of nitrogens with zero attached hydrogens (tertiary/aromatic N) is 1. The number of phenolic OH excluding ortho intramolecular Hbond substituents is 1. The predicted octanol–water partition coefficient (Wildman–Crippen LogP) is 3.64. The smallest absolute Gasteiger partial charge is 0.260 e. The molecule has 1 aliphatic rings. The van der Waals surface area contributed by atoms with Crippen LogP contribution in [0, 0.1) is 12.3 Å². The fourth-order valence-corrected chi connectivity index (χ4v) is 3.55. The monoisotopic (exact) mass is 433 g/mol. The number of rotatable bonds is 5. The molecule has 7 heteroatoms. The van der Waals surface area contributed by atoms with Gasteiger partial charge in [-0.1, -0.05) is 24.3 Å². The van der Waals surface area contributed by atoms with Gasteiger partial charge in [-0.2, -0.15) is 0 Å². The van der Waals surface area contributed by atoms with Crippen LogP contribution in [0.4, 0.5) is 0 Å². The SMILES string of the molecule is Cc1cc(C(N)=O)ccc1O.N=Cc1ccc(OCC(=O)N2CCCC2)c2ccccc12. The number of hydrogen-bond donors (Lipinski definition) is 3. The number of fused-ring (bicyclic) bond motifs is 1. The Morgan fingerprint density at radius 3 is 2.41 bits per heavy atom. The van der Waals surface area contributed by atoms with E-state index < -0.39 is 5.91 Å². The van der Waals surface area contributed by atoms with Gasteiger partial charge >= 0.3 is 0 Å². The van der Waals surface area contributed by atoms with Crippen molar-refractivity contribution in [2.24, 2.45) is 5.73 Å². The van der Waals surface area contributed by atoms with Crippen LogP contribution < -0.4 is 10.5 Å². The molecule has 0 radical (unpaired) electrons. The molecule has 3 aromatic rings. The minimum atomic E-state index is -0.479. The number of likely N-dealkylation sites (tertiary alicyclic amines) is 1. The Morgan fingerprint density at radius 1 is 1.09 bits per heavy atom. The van der Waals surface area contributed by atoms with Gasteiger partial charge in [0.2, 0.25) is 5.91 Å². The first-order chi connectivity index (χ1) is 15.4. The molecular weight excluding hydrogens is 406 g/mol. The lowest BCUT2D eigenvalue weighted by Crippen LogP contribution is -2.32. The van der Waals surface area contributed by atoms with Crippen LogP contribution in [0.5, 0.6) is 11.5 Å². The third-order valence-corrected chi connectivity index (χ3v) is 5.36. The molecule has 0 bridgehead atoms. The van der Waals surface area contributed by atoms with Crippen molar-refractivity contribution in [3.8, 4) is 11.5 Å². The van der Waals surface area contributed by atoms with Crippen molar-refractivity contribution in [2.75, 3.05) is 19.7 Å². The van der Waals surface area contributed by atoms with Crippen molar-refractivity contribution in [2.45, 2.75) is 19.8 Å². The Morgan fingerprint density at radius 2 is 1.78 bits per heavy atom. The molecule has 0 unspecified atom stereocenters. The lowest BCUT2D eigenvalue weighted by atomic mass is 10.0. The maximum Gasteiger partial charge on any atom is 0.260 e. The summed E-state index contributed by atoms with van der Waals surface area (Å²) in [5.41, 5.74) is 6.93. The molecule has 2 amide bonds. The number of nitrogens with two attached hydrogens (primary N) is 1. The van der Waals surface area contributed by atoms with Crippen molar-refractivity contribution < 1.29 is 19.4 Å². The van der Waals surface area contributed by atoms with Gasteiger partial charge in [-0.05, 0) is 61.0 Å². The van der Waals surface area contributed by atoms with E-state index in [0.717, 1.165) is 42.3 Å². The van der Waals surface area contributed by atoms with Crippen molar-refractivity contribution in [1.29, 1.82) is 5.41 Å². The number of carbonyl (C=O) groups excluding carboxylic acids is 2. The fourth-order valence-electron chi connectivity index (χ4n) is 3.55. The second-order valence-electron chi connectivity index (χ2n) is 7.58.